The van der Waals surface area contributed by atoms with E-state index in [-0.39, 0.29) is 18.4 Å². The van der Waals surface area contributed by atoms with Crippen LogP contribution in [0.5, 0.6) is 5.75 Å². The number of nitrogens with one attached hydrogen (secondary N) is 2. The average molecular weight is 336 g/mol. The third-order valence-electron chi connectivity index (χ3n) is 3.54. The molecule has 0 aliphatic carbocycles. The van der Waals surface area contributed by atoms with Crippen molar-refractivity contribution in [3.05, 3.63) is 24.3 Å². The molecule has 0 bridgehead atoms. The predicted molar refractivity (Wildman–Crippen MR) is 89.6 cm³/mol. The van der Waals surface area contributed by atoms with Gasteiger partial charge in [0.15, 0.2) is 6.61 Å². The van der Waals surface area contributed by atoms with E-state index in [0.717, 1.165) is 0 Å². The normalized spacial score (nSPS) is 12.7. The number of hydrogen-bond donors (Lipinski definition) is 2. The number of rotatable bonds is 8. The highest BCUT2D eigenvalue weighted by molar-refractivity contribution is 5.90. The summed E-state index contributed by atoms with van der Waals surface area (Å²) in [7, 11) is 1.28. The lowest BCUT2D eigenvalue weighted by atomic mass is 9.99. The first-order valence-corrected chi connectivity index (χ1v) is 7.75. The maximum atomic E-state index is 12.1. The van der Waals surface area contributed by atoms with Crippen molar-refractivity contribution in [3.8, 4) is 5.75 Å². The summed E-state index contributed by atoms with van der Waals surface area (Å²) in [5.41, 5.74) is 0.476. The molecule has 0 fully saturated rings. The minimum absolute atomic E-state index is 0.0620. The number of anilines is 1. The Morgan fingerprint density at radius 1 is 1.21 bits per heavy atom. The average Bonchev–Trinajstić information content (AvgIpc) is 2.57. The number of hydrogen-bond acceptors (Lipinski definition) is 5. The van der Waals surface area contributed by atoms with Crippen LogP contribution in [0.2, 0.25) is 0 Å². The fraction of sp³-hybridized carbons (Fsp3) is 0.471. The number of esters is 1. The van der Waals surface area contributed by atoms with Gasteiger partial charge in [0, 0.05) is 6.92 Å². The van der Waals surface area contributed by atoms with E-state index in [1.54, 1.807) is 24.3 Å². The Morgan fingerprint density at radius 3 is 2.46 bits per heavy atom. The highest BCUT2D eigenvalue weighted by Gasteiger charge is 2.26. The summed E-state index contributed by atoms with van der Waals surface area (Å²) >= 11 is 0. The van der Waals surface area contributed by atoms with E-state index in [9.17, 15) is 14.4 Å². The van der Waals surface area contributed by atoms with Crippen LogP contribution in [0, 0.1) is 5.92 Å². The van der Waals surface area contributed by atoms with Crippen LogP contribution >= 0.6 is 0 Å². The maximum Gasteiger partial charge on any atom is 0.328 e. The highest BCUT2D eigenvalue weighted by Crippen LogP contribution is 2.23. The number of carbonyl (C=O) groups excluding carboxylic acids is 3. The molecule has 0 unspecified atom stereocenters. The lowest BCUT2D eigenvalue weighted by Crippen LogP contribution is -2.47. The van der Waals surface area contributed by atoms with Crippen LogP contribution in [-0.4, -0.2) is 37.5 Å². The molecular weight excluding hydrogens is 312 g/mol. The number of methoxy groups -OCH3 is 1. The number of amides is 2. The maximum absolute atomic E-state index is 12.1. The molecule has 0 heterocycles. The van der Waals surface area contributed by atoms with Gasteiger partial charge in [-0.05, 0) is 18.1 Å². The van der Waals surface area contributed by atoms with Crippen LogP contribution in [0.4, 0.5) is 5.69 Å². The zero-order valence-corrected chi connectivity index (χ0v) is 14.4. The van der Waals surface area contributed by atoms with E-state index in [2.05, 4.69) is 10.6 Å². The Morgan fingerprint density at radius 2 is 1.88 bits per heavy atom. The van der Waals surface area contributed by atoms with E-state index in [0.29, 0.717) is 17.9 Å². The van der Waals surface area contributed by atoms with E-state index in [1.807, 2.05) is 13.8 Å². The topological polar surface area (TPSA) is 93.7 Å². The minimum atomic E-state index is -0.721. The van der Waals surface area contributed by atoms with Crippen LogP contribution in [0.1, 0.15) is 27.2 Å². The second kappa shape index (κ2) is 9.54. The van der Waals surface area contributed by atoms with Crippen LogP contribution in [0.3, 0.4) is 0 Å². The summed E-state index contributed by atoms with van der Waals surface area (Å²) in [6.45, 7) is 4.89. The van der Waals surface area contributed by atoms with Crippen LogP contribution in [-0.2, 0) is 19.1 Å². The monoisotopic (exact) mass is 336 g/mol. The molecule has 0 aliphatic rings. The molecule has 2 amide bonds. The molecule has 0 aromatic heterocycles. The molecule has 2 N–H and O–H groups in total. The SMILES string of the molecule is CC[C@@H](C)[C@@H](NC(=O)COc1ccccc1NC(C)=O)C(=O)OC. The fourth-order valence-corrected chi connectivity index (χ4v) is 2.04. The molecule has 132 valence electrons. The summed E-state index contributed by atoms with van der Waals surface area (Å²) < 4.78 is 10.2. The Hall–Kier alpha value is -2.57. The van der Waals surface area contributed by atoms with Crippen molar-refractivity contribution in [3.63, 3.8) is 0 Å². The van der Waals surface area contributed by atoms with Gasteiger partial charge in [-0.1, -0.05) is 32.4 Å². The van der Waals surface area contributed by atoms with Crippen molar-refractivity contribution in [1.29, 1.82) is 0 Å². The summed E-state index contributed by atoms with van der Waals surface area (Å²) in [4.78, 5) is 35.0. The summed E-state index contributed by atoms with van der Waals surface area (Å²) in [5.74, 6) is -0.855. The zero-order valence-electron chi connectivity index (χ0n) is 14.4. The third-order valence-corrected chi connectivity index (χ3v) is 3.54. The van der Waals surface area contributed by atoms with Crippen molar-refractivity contribution in [2.45, 2.75) is 33.2 Å². The minimum Gasteiger partial charge on any atom is -0.482 e. The van der Waals surface area contributed by atoms with Gasteiger partial charge in [-0.15, -0.1) is 0 Å². The number of ether oxygens (including phenoxy) is 2. The molecule has 1 aromatic rings. The zero-order chi connectivity index (χ0) is 18.1. The van der Waals surface area contributed by atoms with Crippen molar-refractivity contribution in [2.75, 3.05) is 19.0 Å². The molecule has 24 heavy (non-hydrogen) atoms. The van der Waals surface area contributed by atoms with Gasteiger partial charge < -0.3 is 20.1 Å². The van der Waals surface area contributed by atoms with Gasteiger partial charge >= 0.3 is 5.97 Å². The second-order valence-electron chi connectivity index (χ2n) is 5.42. The second-order valence-corrected chi connectivity index (χ2v) is 5.42. The van der Waals surface area contributed by atoms with Crippen molar-refractivity contribution in [1.82, 2.24) is 5.32 Å². The van der Waals surface area contributed by atoms with E-state index in [1.165, 1.54) is 14.0 Å². The Bertz CT molecular complexity index is 588. The van der Waals surface area contributed by atoms with E-state index in [4.69, 9.17) is 9.47 Å². The molecule has 0 aliphatic heterocycles. The standard InChI is InChI=1S/C17H24N2O5/c1-5-11(2)16(17(22)23-4)19-15(21)10-24-14-9-7-6-8-13(14)18-12(3)20/h6-9,11,16H,5,10H2,1-4H3,(H,18,20)(H,19,21)/t11-,16-/m1/s1. The molecule has 0 radical (unpaired) electrons. The number of para-hydroxylation sites is 2. The largest absolute Gasteiger partial charge is 0.482 e. The first-order chi connectivity index (χ1) is 11.4. The number of carbonyl (C=O) groups is 3. The number of benzene rings is 1. The van der Waals surface area contributed by atoms with Gasteiger partial charge in [-0.25, -0.2) is 4.79 Å². The van der Waals surface area contributed by atoms with Crippen molar-refractivity contribution in [2.24, 2.45) is 5.92 Å². The Balaban J connectivity index is 2.68. The smallest absolute Gasteiger partial charge is 0.328 e. The van der Waals surface area contributed by atoms with E-state index >= 15 is 0 Å². The highest BCUT2D eigenvalue weighted by atomic mass is 16.5. The molecule has 7 heteroatoms. The lowest BCUT2D eigenvalue weighted by molar-refractivity contribution is -0.146. The van der Waals surface area contributed by atoms with E-state index < -0.39 is 17.9 Å². The van der Waals surface area contributed by atoms with Gasteiger partial charge in [-0.3, -0.25) is 9.59 Å². The third kappa shape index (κ3) is 5.91. The van der Waals surface area contributed by atoms with Gasteiger partial charge in [0.1, 0.15) is 11.8 Å². The first kappa shape index (κ1) is 19.5. The van der Waals surface area contributed by atoms with Gasteiger partial charge in [0.2, 0.25) is 5.91 Å². The van der Waals surface area contributed by atoms with Gasteiger partial charge in [0.05, 0.1) is 12.8 Å². The molecule has 1 aromatic carbocycles. The van der Waals surface area contributed by atoms with Crippen LogP contribution in [0.15, 0.2) is 24.3 Å². The molecule has 0 spiro atoms. The quantitative estimate of drug-likeness (QED) is 0.705. The molecule has 1 rings (SSSR count). The van der Waals surface area contributed by atoms with Crippen LogP contribution in [0.25, 0.3) is 0 Å². The van der Waals surface area contributed by atoms with Crippen molar-refractivity contribution >= 4 is 23.5 Å². The van der Waals surface area contributed by atoms with Gasteiger partial charge in [0.25, 0.3) is 5.91 Å². The summed E-state index contributed by atoms with van der Waals surface area (Å²) in [5, 5.41) is 5.25. The van der Waals surface area contributed by atoms with Gasteiger partial charge in [-0.2, -0.15) is 0 Å². The lowest BCUT2D eigenvalue weighted by Gasteiger charge is -2.22. The molecule has 2 atom stereocenters. The summed E-state index contributed by atoms with van der Waals surface area (Å²) in [6, 6.07) is 6.07. The Kier molecular flexibility index (Phi) is 7.74. The van der Waals surface area contributed by atoms with Crippen molar-refractivity contribution < 1.29 is 23.9 Å². The molecule has 0 saturated carbocycles. The fourth-order valence-electron chi connectivity index (χ4n) is 2.04. The molecular formula is C17H24N2O5. The van der Waals surface area contributed by atoms with Crippen LogP contribution < -0.4 is 15.4 Å². The molecule has 0 saturated heterocycles. The predicted octanol–water partition coefficient (Wildman–Crippen LogP) is 1.73. The molecule has 7 nitrogen and oxygen atoms in total. The first-order valence-electron chi connectivity index (χ1n) is 7.75. The summed E-state index contributed by atoms with van der Waals surface area (Å²) in [6.07, 6.45) is 0.715. The Labute approximate surface area is 141 Å².